The van der Waals surface area contributed by atoms with Crippen molar-refractivity contribution in [1.82, 2.24) is 5.01 Å². The maximum Gasteiger partial charge on any atom is 0.405 e. The first-order valence-corrected chi connectivity index (χ1v) is 3.10. The smallest absolute Gasteiger partial charge is 0.268 e. The Morgan fingerprint density at radius 3 is 2.20 bits per heavy atom. The van der Waals surface area contributed by atoms with E-state index < -0.39 is 12.2 Å². The lowest BCUT2D eigenvalue weighted by atomic mass is 10.2. The van der Waals surface area contributed by atoms with Gasteiger partial charge in [-0.25, -0.2) is 5.01 Å². The zero-order chi connectivity index (χ0) is 7.78. The number of hydrogen-bond donors (Lipinski definition) is 1. The Hall–Kier alpha value is -0.290. The zero-order valence-electron chi connectivity index (χ0n) is 5.36. The van der Waals surface area contributed by atoms with Crippen LogP contribution in [-0.2, 0) is 0 Å². The molecule has 1 rings (SSSR count). The number of hydrazine groups is 1. The van der Waals surface area contributed by atoms with Gasteiger partial charge in [-0.1, -0.05) is 0 Å². The average molecular weight is 154 g/mol. The first-order valence-electron chi connectivity index (χ1n) is 3.10. The monoisotopic (exact) mass is 154 g/mol. The van der Waals surface area contributed by atoms with Crippen molar-refractivity contribution in [2.45, 2.75) is 25.1 Å². The molecule has 1 fully saturated rings. The van der Waals surface area contributed by atoms with Crippen LogP contribution < -0.4 is 5.84 Å². The second-order valence-electron chi connectivity index (χ2n) is 2.44. The van der Waals surface area contributed by atoms with Crippen LogP contribution in [0.3, 0.4) is 0 Å². The van der Waals surface area contributed by atoms with Crippen LogP contribution in [0.25, 0.3) is 0 Å². The van der Waals surface area contributed by atoms with Crippen LogP contribution in [0, 0.1) is 0 Å². The molecule has 1 saturated heterocycles. The molecule has 0 amide bonds. The van der Waals surface area contributed by atoms with Crippen molar-refractivity contribution in [3.05, 3.63) is 0 Å². The summed E-state index contributed by atoms with van der Waals surface area (Å²) in [6.07, 6.45) is -3.47. The lowest BCUT2D eigenvalue weighted by Crippen LogP contribution is -2.45. The number of hydrogen-bond acceptors (Lipinski definition) is 2. The largest absolute Gasteiger partial charge is 0.405 e. The molecular formula is C5H9F3N2. The topological polar surface area (TPSA) is 29.3 Å². The van der Waals surface area contributed by atoms with Gasteiger partial charge in [-0.3, -0.25) is 5.84 Å². The zero-order valence-corrected chi connectivity index (χ0v) is 5.36. The fraction of sp³-hybridized carbons (Fsp3) is 1.00. The molecule has 0 aromatic carbocycles. The van der Waals surface area contributed by atoms with Crippen molar-refractivity contribution in [1.29, 1.82) is 0 Å². The van der Waals surface area contributed by atoms with E-state index in [4.69, 9.17) is 5.84 Å². The highest BCUT2D eigenvalue weighted by Gasteiger charge is 2.44. The Bertz CT molecular complexity index is 123. The molecule has 2 nitrogen and oxygen atoms in total. The molecular weight excluding hydrogens is 145 g/mol. The number of nitrogens with zero attached hydrogens (tertiary/aromatic N) is 1. The van der Waals surface area contributed by atoms with Crippen LogP contribution in [0.2, 0.25) is 0 Å². The molecule has 0 bridgehead atoms. The minimum absolute atomic E-state index is 0.139. The van der Waals surface area contributed by atoms with E-state index in [1.165, 1.54) is 0 Å². The number of nitrogens with two attached hydrogens (primary N) is 1. The third-order valence-electron chi connectivity index (χ3n) is 1.67. The second kappa shape index (κ2) is 2.39. The van der Waals surface area contributed by atoms with E-state index in [-0.39, 0.29) is 6.42 Å². The van der Waals surface area contributed by atoms with E-state index in [2.05, 4.69) is 0 Å². The lowest BCUT2D eigenvalue weighted by Gasteiger charge is -2.21. The minimum atomic E-state index is -4.15. The van der Waals surface area contributed by atoms with Gasteiger partial charge in [-0.05, 0) is 12.8 Å². The molecule has 2 N–H and O–H groups in total. The van der Waals surface area contributed by atoms with Gasteiger partial charge >= 0.3 is 6.18 Å². The van der Waals surface area contributed by atoms with Crippen molar-refractivity contribution >= 4 is 0 Å². The van der Waals surface area contributed by atoms with Gasteiger partial charge in [0.25, 0.3) is 0 Å². The Morgan fingerprint density at radius 1 is 1.40 bits per heavy atom. The van der Waals surface area contributed by atoms with Crippen LogP contribution in [0.1, 0.15) is 12.8 Å². The molecule has 1 atom stereocenters. The molecule has 60 valence electrons. The number of alkyl halides is 3. The Labute approximate surface area is 56.8 Å². The van der Waals surface area contributed by atoms with E-state index in [9.17, 15) is 13.2 Å². The summed E-state index contributed by atoms with van der Waals surface area (Å²) in [7, 11) is 0. The van der Waals surface area contributed by atoms with Gasteiger partial charge in [-0.15, -0.1) is 0 Å². The summed E-state index contributed by atoms with van der Waals surface area (Å²) in [5.41, 5.74) is 0. The highest BCUT2D eigenvalue weighted by atomic mass is 19.4. The van der Waals surface area contributed by atoms with Gasteiger partial charge in [0.05, 0.1) is 0 Å². The fourth-order valence-corrected chi connectivity index (χ4v) is 1.14. The third kappa shape index (κ3) is 1.41. The van der Waals surface area contributed by atoms with Gasteiger partial charge in [0, 0.05) is 6.54 Å². The fourth-order valence-electron chi connectivity index (χ4n) is 1.14. The van der Waals surface area contributed by atoms with Crippen molar-refractivity contribution < 1.29 is 13.2 Å². The van der Waals surface area contributed by atoms with Gasteiger partial charge < -0.3 is 0 Å². The van der Waals surface area contributed by atoms with Crippen LogP contribution in [0.15, 0.2) is 0 Å². The highest BCUT2D eigenvalue weighted by Crippen LogP contribution is 2.30. The summed E-state index contributed by atoms with van der Waals surface area (Å²) in [6.45, 7) is 0.351. The van der Waals surface area contributed by atoms with E-state index in [1.807, 2.05) is 0 Å². The van der Waals surface area contributed by atoms with Crippen molar-refractivity contribution in [2.24, 2.45) is 5.84 Å². The van der Waals surface area contributed by atoms with Crippen LogP contribution in [0.4, 0.5) is 13.2 Å². The Kier molecular flexibility index (Phi) is 1.87. The lowest BCUT2D eigenvalue weighted by molar-refractivity contribution is -0.176. The van der Waals surface area contributed by atoms with Gasteiger partial charge in [-0.2, -0.15) is 13.2 Å². The van der Waals surface area contributed by atoms with Crippen LogP contribution in [0.5, 0.6) is 0 Å². The molecule has 10 heavy (non-hydrogen) atoms. The molecule has 5 heteroatoms. The van der Waals surface area contributed by atoms with Crippen LogP contribution in [-0.4, -0.2) is 23.8 Å². The summed E-state index contributed by atoms with van der Waals surface area (Å²) in [4.78, 5) is 0. The van der Waals surface area contributed by atoms with Gasteiger partial charge in [0.1, 0.15) is 6.04 Å². The minimum Gasteiger partial charge on any atom is -0.268 e. The first kappa shape index (κ1) is 7.81. The summed E-state index contributed by atoms with van der Waals surface area (Å²) < 4.78 is 35.7. The molecule has 0 aromatic heterocycles. The van der Waals surface area contributed by atoms with E-state index in [0.29, 0.717) is 13.0 Å². The average Bonchev–Trinajstić information content (AvgIpc) is 2.11. The predicted octanol–water partition coefficient (Wildman–Crippen LogP) is 0.887. The van der Waals surface area contributed by atoms with E-state index >= 15 is 0 Å². The molecule has 0 aromatic rings. The molecule has 0 radical (unpaired) electrons. The summed E-state index contributed by atoms with van der Waals surface area (Å²) in [6, 6.07) is -1.41. The maximum atomic E-state index is 11.9. The molecule has 0 aliphatic carbocycles. The molecule has 1 aliphatic rings. The van der Waals surface area contributed by atoms with Crippen LogP contribution >= 0.6 is 0 Å². The molecule has 0 spiro atoms. The van der Waals surface area contributed by atoms with Crippen molar-refractivity contribution in [3.63, 3.8) is 0 Å². The molecule has 0 saturated carbocycles. The quantitative estimate of drug-likeness (QED) is 0.525. The second-order valence-corrected chi connectivity index (χ2v) is 2.44. The standard InChI is InChI=1S/C5H9F3N2/c6-5(7,8)4-2-1-3-10(4)9/h4H,1-3,9H2/t4-/m1/s1. The van der Waals surface area contributed by atoms with Gasteiger partial charge in [0.15, 0.2) is 0 Å². The van der Waals surface area contributed by atoms with Crippen molar-refractivity contribution in [3.8, 4) is 0 Å². The van der Waals surface area contributed by atoms with Gasteiger partial charge in [0.2, 0.25) is 0 Å². The van der Waals surface area contributed by atoms with E-state index in [0.717, 1.165) is 5.01 Å². The predicted molar refractivity (Wildman–Crippen MR) is 30.0 cm³/mol. The normalized spacial score (nSPS) is 29.4. The Morgan fingerprint density at radius 2 is 2.00 bits per heavy atom. The molecule has 0 unspecified atom stereocenters. The number of halogens is 3. The summed E-state index contributed by atoms with van der Waals surface area (Å²) >= 11 is 0. The molecule has 1 aliphatic heterocycles. The molecule has 1 heterocycles. The first-order chi connectivity index (χ1) is 4.52. The summed E-state index contributed by atoms with van der Waals surface area (Å²) in [5.74, 6) is 5.08. The Balaban J connectivity index is 2.55. The van der Waals surface area contributed by atoms with Crippen molar-refractivity contribution in [2.75, 3.05) is 6.54 Å². The highest BCUT2D eigenvalue weighted by molar-refractivity contribution is 4.80. The summed E-state index contributed by atoms with van der Waals surface area (Å²) in [5, 5.41) is 0.861. The third-order valence-corrected chi connectivity index (χ3v) is 1.67. The van der Waals surface area contributed by atoms with E-state index in [1.54, 1.807) is 0 Å². The number of rotatable bonds is 0. The SMILES string of the molecule is NN1CCC[C@@H]1C(F)(F)F. The maximum absolute atomic E-state index is 11.9.